The molecule has 2 aromatic rings. The molecular weight excluding hydrogens is 282 g/mol. The largest absolute Gasteiger partial charge is 0.388 e. The highest BCUT2D eigenvalue weighted by Crippen LogP contribution is 2.31. The first kappa shape index (κ1) is 12.8. The second kappa shape index (κ2) is 4.94. The first-order valence-corrected chi connectivity index (χ1v) is 6.05. The van der Waals surface area contributed by atoms with Crippen LogP contribution in [0.3, 0.4) is 0 Å². The zero-order chi connectivity index (χ0) is 12.5. The lowest BCUT2D eigenvalue weighted by Crippen LogP contribution is -2.27. The second-order valence-electron chi connectivity index (χ2n) is 3.61. The van der Waals surface area contributed by atoms with E-state index in [2.05, 4.69) is 9.97 Å². The summed E-state index contributed by atoms with van der Waals surface area (Å²) in [4.78, 5) is 8.40. The van der Waals surface area contributed by atoms with Gasteiger partial charge in [0.05, 0.1) is 0 Å². The summed E-state index contributed by atoms with van der Waals surface area (Å²) in [6, 6.07) is 7.39. The predicted molar refractivity (Wildman–Crippen MR) is 69.5 cm³/mol. The summed E-state index contributed by atoms with van der Waals surface area (Å²) in [6.45, 7) is 0. The molecule has 0 amide bonds. The molecule has 6 heteroatoms. The van der Waals surface area contributed by atoms with Crippen molar-refractivity contribution in [2.45, 2.75) is 16.3 Å². The Bertz CT molecular complexity index is 527. The molecule has 17 heavy (non-hydrogen) atoms. The van der Waals surface area contributed by atoms with Crippen LogP contribution < -0.4 is 0 Å². The lowest BCUT2D eigenvalue weighted by molar-refractivity contribution is 0.178. The molecule has 2 heterocycles. The standard InChI is InChI=1S/C11H9Cl3N2O/c12-11(13,14)9(17)6-8-4-3-7-2-1-5-15-10(7)16-8/h1-5,9,17H,6H2/t9-/m1/s1. The minimum atomic E-state index is -1.71. The second-order valence-corrected chi connectivity index (χ2v) is 5.98. The molecule has 0 aliphatic rings. The van der Waals surface area contributed by atoms with E-state index in [0.29, 0.717) is 11.3 Å². The predicted octanol–water partition coefficient (Wildman–Crippen LogP) is 2.90. The summed E-state index contributed by atoms with van der Waals surface area (Å²) in [5.41, 5.74) is 1.25. The van der Waals surface area contributed by atoms with Crippen LogP contribution in [-0.4, -0.2) is 25.0 Å². The minimum absolute atomic E-state index is 0.170. The van der Waals surface area contributed by atoms with E-state index >= 15 is 0 Å². The lowest BCUT2D eigenvalue weighted by Gasteiger charge is -2.18. The van der Waals surface area contributed by atoms with Crippen LogP contribution in [0, 0.1) is 0 Å². The van der Waals surface area contributed by atoms with E-state index in [1.807, 2.05) is 18.2 Å². The normalized spacial score (nSPS) is 13.9. The molecule has 0 saturated heterocycles. The number of hydrogen-bond donors (Lipinski definition) is 1. The number of nitrogens with zero attached hydrogens (tertiary/aromatic N) is 2. The van der Waals surface area contributed by atoms with Crippen molar-refractivity contribution >= 4 is 45.8 Å². The molecule has 2 rings (SSSR count). The van der Waals surface area contributed by atoms with Crippen molar-refractivity contribution in [3.05, 3.63) is 36.2 Å². The lowest BCUT2D eigenvalue weighted by atomic mass is 10.2. The smallest absolute Gasteiger partial charge is 0.216 e. The van der Waals surface area contributed by atoms with Gasteiger partial charge in [0.15, 0.2) is 5.65 Å². The monoisotopic (exact) mass is 290 g/mol. The highest BCUT2D eigenvalue weighted by molar-refractivity contribution is 6.68. The Morgan fingerprint density at radius 1 is 1.24 bits per heavy atom. The Hall–Kier alpha value is -0.610. The number of hydrogen-bond acceptors (Lipinski definition) is 3. The number of pyridine rings is 2. The maximum atomic E-state index is 9.65. The quantitative estimate of drug-likeness (QED) is 0.865. The van der Waals surface area contributed by atoms with Gasteiger partial charge in [0, 0.05) is 23.7 Å². The Balaban J connectivity index is 2.25. The molecule has 0 aliphatic carbocycles. The van der Waals surface area contributed by atoms with Gasteiger partial charge in [-0.05, 0) is 24.3 Å². The first-order chi connectivity index (χ1) is 7.97. The van der Waals surface area contributed by atoms with Crippen molar-refractivity contribution < 1.29 is 5.11 Å². The van der Waals surface area contributed by atoms with Gasteiger partial charge in [-0.3, -0.25) is 0 Å². The molecule has 0 radical (unpaired) electrons. The third-order valence-electron chi connectivity index (χ3n) is 2.30. The Kier molecular flexibility index (Phi) is 3.73. The number of halogens is 3. The van der Waals surface area contributed by atoms with Crippen molar-refractivity contribution in [1.82, 2.24) is 9.97 Å². The SMILES string of the molecule is O[C@H](Cc1ccc2cccnc2n1)C(Cl)(Cl)Cl. The zero-order valence-electron chi connectivity index (χ0n) is 8.65. The zero-order valence-corrected chi connectivity index (χ0v) is 10.9. The van der Waals surface area contributed by atoms with E-state index in [0.717, 1.165) is 5.39 Å². The van der Waals surface area contributed by atoms with Crippen molar-refractivity contribution in [3.8, 4) is 0 Å². The van der Waals surface area contributed by atoms with E-state index in [1.54, 1.807) is 12.3 Å². The molecule has 0 fully saturated rings. The molecule has 0 aromatic carbocycles. The summed E-state index contributed by atoms with van der Waals surface area (Å²) in [6.07, 6.45) is 0.731. The molecule has 1 atom stereocenters. The van der Waals surface area contributed by atoms with Gasteiger partial charge in [0.25, 0.3) is 0 Å². The van der Waals surface area contributed by atoms with Gasteiger partial charge in [0.2, 0.25) is 3.79 Å². The Labute approximate surface area is 113 Å². The molecule has 0 aliphatic heterocycles. The molecule has 0 bridgehead atoms. The van der Waals surface area contributed by atoms with Crippen LogP contribution in [0.2, 0.25) is 0 Å². The minimum Gasteiger partial charge on any atom is -0.388 e. The number of fused-ring (bicyclic) bond motifs is 1. The van der Waals surface area contributed by atoms with Crippen molar-refractivity contribution in [2.75, 3.05) is 0 Å². The fourth-order valence-corrected chi connectivity index (χ4v) is 1.65. The summed E-state index contributed by atoms with van der Waals surface area (Å²) in [5.74, 6) is 0. The topological polar surface area (TPSA) is 46.0 Å². The number of aliphatic hydroxyl groups excluding tert-OH is 1. The molecule has 0 spiro atoms. The average molecular weight is 292 g/mol. The fourth-order valence-electron chi connectivity index (χ4n) is 1.42. The average Bonchev–Trinajstić information content (AvgIpc) is 2.27. The van der Waals surface area contributed by atoms with Crippen LogP contribution in [0.5, 0.6) is 0 Å². The highest BCUT2D eigenvalue weighted by atomic mass is 35.6. The van der Waals surface area contributed by atoms with Crippen LogP contribution in [0.1, 0.15) is 5.69 Å². The number of alkyl halides is 3. The van der Waals surface area contributed by atoms with Crippen LogP contribution in [0.15, 0.2) is 30.5 Å². The molecule has 1 N–H and O–H groups in total. The van der Waals surface area contributed by atoms with E-state index in [4.69, 9.17) is 34.8 Å². The summed E-state index contributed by atoms with van der Waals surface area (Å²) < 4.78 is -1.71. The third-order valence-corrected chi connectivity index (χ3v) is 3.06. The summed E-state index contributed by atoms with van der Waals surface area (Å²) in [5, 5.41) is 10.6. The van der Waals surface area contributed by atoms with Gasteiger partial charge in [-0.25, -0.2) is 9.97 Å². The van der Waals surface area contributed by atoms with Gasteiger partial charge in [-0.2, -0.15) is 0 Å². The first-order valence-electron chi connectivity index (χ1n) is 4.92. The van der Waals surface area contributed by atoms with Gasteiger partial charge >= 0.3 is 0 Å². The van der Waals surface area contributed by atoms with Crippen molar-refractivity contribution in [3.63, 3.8) is 0 Å². The number of aromatic nitrogens is 2. The summed E-state index contributed by atoms with van der Waals surface area (Å²) in [7, 11) is 0. The maximum Gasteiger partial charge on any atom is 0.216 e. The fraction of sp³-hybridized carbons (Fsp3) is 0.273. The molecule has 2 aromatic heterocycles. The van der Waals surface area contributed by atoms with Gasteiger partial charge in [-0.15, -0.1) is 0 Å². The highest BCUT2D eigenvalue weighted by Gasteiger charge is 2.31. The van der Waals surface area contributed by atoms with Crippen LogP contribution >= 0.6 is 34.8 Å². The van der Waals surface area contributed by atoms with E-state index in [9.17, 15) is 5.11 Å². The van der Waals surface area contributed by atoms with E-state index < -0.39 is 9.90 Å². The van der Waals surface area contributed by atoms with Crippen LogP contribution in [0.25, 0.3) is 11.0 Å². The summed E-state index contributed by atoms with van der Waals surface area (Å²) >= 11 is 16.8. The molecule has 90 valence electrons. The maximum absolute atomic E-state index is 9.65. The van der Waals surface area contributed by atoms with Gasteiger partial charge in [-0.1, -0.05) is 34.8 Å². The van der Waals surface area contributed by atoms with Crippen LogP contribution in [-0.2, 0) is 6.42 Å². The van der Waals surface area contributed by atoms with E-state index in [-0.39, 0.29) is 6.42 Å². The Morgan fingerprint density at radius 2 is 2.00 bits per heavy atom. The van der Waals surface area contributed by atoms with Crippen molar-refractivity contribution in [2.24, 2.45) is 0 Å². The van der Waals surface area contributed by atoms with Gasteiger partial charge < -0.3 is 5.11 Å². The molecular formula is C11H9Cl3N2O. The van der Waals surface area contributed by atoms with Crippen molar-refractivity contribution in [1.29, 1.82) is 0 Å². The Morgan fingerprint density at radius 3 is 2.71 bits per heavy atom. The third kappa shape index (κ3) is 3.19. The van der Waals surface area contributed by atoms with Crippen LogP contribution in [0.4, 0.5) is 0 Å². The molecule has 0 saturated carbocycles. The number of aliphatic hydroxyl groups is 1. The molecule has 0 unspecified atom stereocenters. The van der Waals surface area contributed by atoms with Gasteiger partial charge in [0.1, 0.15) is 6.10 Å². The number of rotatable bonds is 2. The van der Waals surface area contributed by atoms with E-state index in [1.165, 1.54) is 0 Å². The molecule has 3 nitrogen and oxygen atoms in total.